The van der Waals surface area contributed by atoms with Gasteiger partial charge in [-0.25, -0.2) is 4.98 Å². The molecule has 208 valence electrons. The third kappa shape index (κ3) is 6.69. The van der Waals surface area contributed by atoms with Crippen LogP contribution in [0.1, 0.15) is 107 Å². The van der Waals surface area contributed by atoms with E-state index in [-0.39, 0.29) is 5.41 Å². The summed E-state index contributed by atoms with van der Waals surface area (Å²) in [5.74, 6) is 2.27. The summed E-state index contributed by atoms with van der Waals surface area (Å²) in [6.07, 6.45) is 9.82. The highest BCUT2D eigenvalue weighted by Crippen LogP contribution is 2.48. The second-order valence-corrected chi connectivity index (χ2v) is 12.1. The minimum Gasteiger partial charge on any atom is -0.496 e. The Balaban J connectivity index is 0.000000178. The lowest BCUT2D eigenvalue weighted by Gasteiger charge is -2.41. The number of unbranched alkanes of at least 4 members (excludes halogenated alkanes) is 3. The van der Waals surface area contributed by atoms with Gasteiger partial charge in [-0.2, -0.15) is 0 Å². The quantitative estimate of drug-likeness (QED) is 0.330. The van der Waals surface area contributed by atoms with Crippen LogP contribution in [0.5, 0.6) is 5.75 Å². The number of pyridine rings is 1. The highest BCUT2D eigenvalue weighted by Gasteiger charge is 2.39. The van der Waals surface area contributed by atoms with Crippen molar-refractivity contribution in [2.24, 2.45) is 5.92 Å². The molecule has 1 aliphatic carbocycles. The molecule has 0 amide bonds. The van der Waals surface area contributed by atoms with Gasteiger partial charge in [-0.1, -0.05) is 65.2 Å². The number of aryl methyl sites for hydroxylation is 1. The maximum atomic E-state index is 11.8. The molecule has 1 saturated heterocycles. The Morgan fingerprint density at radius 3 is 2.58 bits per heavy atom. The zero-order valence-corrected chi connectivity index (χ0v) is 24.1. The number of likely N-dealkylation sites (tertiary alicyclic amines) is 1. The summed E-state index contributed by atoms with van der Waals surface area (Å²) in [4.78, 5) is 18.6. The zero-order chi connectivity index (χ0) is 27.3. The molecule has 1 aromatic carbocycles. The highest BCUT2D eigenvalue weighted by atomic mass is 16.5. The van der Waals surface area contributed by atoms with Crippen LogP contribution in [0.2, 0.25) is 0 Å². The second kappa shape index (κ2) is 12.5. The summed E-state index contributed by atoms with van der Waals surface area (Å²) in [6.45, 7) is 11.8. The maximum absolute atomic E-state index is 11.8. The SMILES string of the molecule is CCCCCCc1ccc2c(n1)NCCC2(C)C.COc1cccc(C(C(=O)O)N2CC(C)C2)c1C1CC1. The smallest absolute Gasteiger partial charge is 0.325 e. The molecule has 2 aliphatic heterocycles. The van der Waals surface area contributed by atoms with E-state index in [1.54, 1.807) is 7.11 Å². The molecule has 6 heteroatoms. The molecule has 2 aromatic rings. The number of nitrogens with zero attached hydrogens (tertiary/aromatic N) is 2. The molecule has 2 N–H and O–H groups in total. The van der Waals surface area contributed by atoms with E-state index in [4.69, 9.17) is 9.72 Å². The van der Waals surface area contributed by atoms with Crippen molar-refractivity contribution >= 4 is 11.8 Å². The van der Waals surface area contributed by atoms with Crippen molar-refractivity contribution in [1.29, 1.82) is 0 Å². The number of rotatable bonds is 10. The van der Waals surface area contributed by atoms with Gasteiger partial charge in [0.15, 0.2) is 0 Å². The molecule has 3 heterocycles. The number of hydrogen-bond acceptors (Lipinski definition) is 5. The predicted octanol–water partition coefficient (Wildman–Crippen LogP) is 6.95. The van der Waals surface area contributed by atoms with Crippen LogP contribution < -0.4 is 10.1 Å². The number of benzene rings is 1. The summed E-state index contributed by atoms with van der Waals surface area (Å²) in [5, 5.41) is 13.1. The van der Waals surface area contributed by atoms with Crippen molar-refractivity contribution in [3.8, 4) is 5.75 Å². The second-order valence-electron chi connectivity index (χ2n) is 12.1. The van der Waals surface area contributed by atoms with Gasteiger partial charge in [-0.3, -0.25) is 9.69 Å². The van der Waals surface area contributed by atoms with E-state index in [2.05, 4.69) is 45.1 Å². The Bertz CT molecular complexity index is 1090. The van der Waals surface area contributed by atoms with Crippen molar-refractivity contribution in [1.82, 2.24) is 9.88 Å². The third-order valence-electron chi connectivity index (χ3n) is 8.30. The van der Waals surface area contributed by atoms with Crippen LogP contribution in [-0.2, 0) is 16.6 Å². The van der Waals surface area contributed by atoms with Gasteiger partial charge in [0.25, 0.3) is 0 Å². The van der Waals surface area contributed by atoms with Gasteiger partial charge in [-0.05, 0) is 67.1 Å². The number of carboxylic acid groups (broad SMARTS) is 1. The number of aromatic nitrogens is 1. The van der Waals surface area contributed by atoms with Gasteiger partial charge in [0.05, 0.1) is 7.11 Å². The van der Waals surface area contributed by atoms with E-state index < -0.39 is 12.0 Å². The normalized spacial score (nSPS) is 19.3. The van der Waals surface area contributed by atoms with E-state index >= 15 is 0 Å². The molecule has 1 aromatic heterocycles. The maximum Gasteiger partial charge on any atom is 0.325 e. The van der Waals surface area contributed by atoms with Crippen LogP contribution in [0.4, 0.5) is 5.82 Å². The number of ether oxygens (including phenoxy) is 1. The van der Waals surface area contributed by atoms with Crippen molar-refractivity contribution in [2.75, 3.05) is 32.1 Å². The molecule has 1 unspecified atom stereocenters. The molecule has 0 spiro atoms. The lowest BCUT2D eigenvalue weighted by molar-refractivity contribution is -0.146. The predicted molar refractivity (Wildman–Crippen MR) is 154 cm³/mol. The molecular formula is C32H47N3O3. The lowest BCUT2D eigenvalue weighted by Crippen LogP contribution is -2.49. The minimum atomic E-state index is -0.757. The van der Waals surface area contributed by atoms with Gasteiger partial charge in [0.2, 0.25) is 0 Å². The topological polar surface area (TPSA) is 74.7 Å². The number of fused-ring (bicyclic) bond motifs is 1. The average molecular weight is 522 g/mol. The Hall–Kier alpha value is -2.60. The van der Waals surface area contributed by atoms with Crippen LogP contribution >= 0.6 is 0 Å². The van der Waals surface area contributed by atoms with Crippen LogP contribution in [0.15, 0.2) is 30.3 Å². The minimum absolute atomic E-state index is 0.272. The number of aliphatic carboxylic acids is 1. The molecule has 0 radical (unpaired) electrons. The van der Waals surface area contributed by atoms with Crippen molar-refractivity contribution in [2.45, 2.75) is 96.4 Å². The first kappa shape index (κ1) is 28.4. The lowest BCUT2D eigenvalue weighted by atomic mass is 9.79. The number of carboxylic acids is 1. The number of hydrogen-bond donors (Lipinski definition) is 2. The van der Waals surface area contributed by atoms with E-state index in [0.29, 0.717) is 11.8 Å². The van der Waals surface area contributed by atoms with Gasteiger partial charge >= 0.3 is 5.97 Å². The Kier molecular flexibility index (Phi) is 9.35. The molecule has 1 atom stereocenters. The fourth-order valence-electron chi connectivity index (χ4n) is 5.91. The highest BCUT2D eigenvalue weighted by molar-refractivity contribution is 5.77. The third-order valence-corrected chi connectivity index (χ3v) is 8.30. The largest absolute Gasteiger partial charge is 0.496 e. The summed E-state index contributed by atoms with van der Waals surface area (Å²) in [7, 11) is 1.66. The van der Waals surface area contributed by atoms with E-state index in [9.17, 15) is 9.90 Å². The molecule has 5 rings (SSSR count). The first-order valence-electron chi connectivity index (χ1n) is 14.6. The average Bonchev–Trinajstić information content (AvgIpc) is 3.71. The first-order chi connectivity index (χ1) is 18.2. The number of nitrogens with one attached hydrogen (secondary N) is 1. The molecule has 6 nitrogen and oxygen atoms in total. The van der Waals surface area contributed by atoms with Gasteiger partial charge in [-0.15, -0.1) is 0 Å². The molecule has 3 aliphatic rings. The number of methoxy groups -OCH3 is 1. The van der Waals surface area contributed by atoms with E-state index in [1.807, 2.05) is 23.1 Å². The van der Waals surface area contributed by atoms with Crippen molar-refractivity contribution in [3.63, 3.8) is 0 Å². The Morgan fingerprint density at radius 1 is 1.18 bits per heavy atom. The molecule has 2 fully saturated rings. The molecular weight excluding hydrogens is 474 g/mol. The monoisotopic (exact) mass is 521 g/mol. The van der Waals surface area contributed by atoms with Crippen LogP contribution in [0.3, 0.4) is 0 Å². The first-order valence-corrected chi connectivity index (χ1v) is 14.6. The van der Waals surface area contributed by atoms with Crippen molar-refractivity contribution in [3.05, 3.63) is 52.7 Å². The summed E-state index contributed by atoms with van der Waals surface area (Å²) in [6, 6.07) is 9.77. The summed E-state index contributed by atoms with van der Waals surface area (Å²) in [5.41, 5.74) is 4.93. The Morgan fingerprint density at radius 2 is 1.95 bits per heavy atom. The van der Waals surface area contributed by atoms with Gasteiger partial charge in [0, 0.05) is 36.5 Å². The van der Waals surface area contributed by atoms with E-state index in [1.165, 1.54) is 43.4 Å². The number of anilines is 1. The standard InChI is InChI=1S/C16H26N2.C16H21NO3/c1-4-5-6-7-8-13-9-10-14-15(18-13)17-12-11-16(14,2)3;1-10-8-17(9-10)15(16(18)19)12-4-3-5-13(20-2)14(12)11-6-7-11/h9-10H,4-8,11-12H2,1-3H3,(H,17,18);3-5,10-11,15H,6-9H2,1-2H3,(H,18,19). The van der Waals surface area contributed by atoms with Crippen LogP contribution in [0.25, 0.3) is 0 Å². The Labute approximate surface area is 229 Å². The zero-order valence-electron chi connectivity index (χ0n) is 24.1. The van der Waals surface area contributed by atoms with Gasteiger partial charge in [0.1, 0.15) is 17.6 Å². The van der Waals surface area contributed by atoms with Gasteiger partial charge < -0.3 is 15.2 Å². The molecule has 0 bridgehead atoms. The fourth-order valence-corrected chi connectivity index (χ4v) is 5.91. The van der Waals surface area contributed by atoms with Crippen LogP contribution in [0, 0.1) is 5.92 Å². The fraction of sp³-hybridized carbons (Fsp3) is 0.625. The van der Waals surface area contributed by atoms with Crippen LogP contribution in [-0.4, -0.2) is 47.7 Å². The summed E-state index contributed by atoms with van der Waals surface area (Å²) < 4.78 is 5.46. The summed E-state index contributed by atoms with van der Waals surface area (Å²) >= 11 is 0. The molecule has 38 heavy (non-hydrogen) atoms. The molecule has 1 saturated carbocycles. The number of carbonyl (C=O) groups is 1. The van der Waals surface area contributed by atoms with Crippen molar-refractivity contribution < 1.29 is 14.6 Å². The van der Waals surface area contributed by atoms with E-state index in [0.717, 1.165) is 61.6 Å².